The average molecular weight is 225 g/mol. The summed E-state index contributed by atoms with van der Waals surface area (Å²) in [6.07, 6.45) is 0. The average Bonchev–Trinajstić information content (AvgIpc) is 2.08. The van der Waals surface area contributed by atoms with Gasteiger partial charge in [0.2, 0.25) is 5.91 Å². The Morgan fingerprint density at radius 1 is 1.33 bits per heavy atom. The highest BCUT2D eigenvalue weighted by molar-refractivity contribution is 6.31. The topological polar surface area (TPSA) is 41.1 Å². The molecule has 1 aliphatic rings. The van der Waals surface area contributed by atoms with E-state index >= 15 is 0 Å². The van der Waals surface area contributed by atoms with E-state index in [9.17, 15) is 4.79 Å². The van der Waals surface area contributed by atoms with Crippen molar-refractivity contribution in [2.75, 3.05) is 10.6 Å². The van der Waals surface area contributed by atoms with E-state index in [1.165, 1.54) is 0 Å². The number of benzene rings is 1. The highest BCUT2D eigenvalue weighted by Gasteiger charge is 2.33. The van der Waals surface area contributed by atoms with Crippen molar-refractivity contribution >= 4 is 28.9 Å². The van der Waals surface area contributed by atoms with E-state index < -0.39 is 5.54 Å². The largest absolute Gasteiger partial charge is 0.370 e. The summed E-state index contributed by atoms with van der Waals surface area (Å²) in [5.74, 6) is -0.0274. The summed E-state index contributed by atoms with van der Waals surface area (Å²) >= 11 is 5.96. The molecule has 0 radical (unpaired) electrons. The minimum Gasteiger partial charge on any atom is -0.370 e. The van der Waals surface area contributed by atoms with Crippen molar-refractivity contribution in [2.24, 2.45) is 0 Å². The Kier molecular flexibility index (Phi) is 2.15. The van der Waals surface area contributed by atoms with Crippen molar-refractivity contribution in [1.29, 1.82) is 0 Å². The zero-order chi connectivity index (χ0) is 11.2. The van der Waals surface area contributed by atoms with Crippen LogP contribution in [0.1, 0.15) is 19.4 Å². The zero-order valence-corrected chi connectivity index (χ0v) is 9.70. The first kappa shape index (κ1) is 10.3. The molecule has 0 fully saturated rings. The normalized spacial score (nSPS) is 17.7. The van der Waals surface area contributed by atoms with Crippen LogP contribution >= 0.6 is 11.6 Å². The fourth-order valence-electron chi connectivity index (χ4n) is 1.67. The van der Waals surface area contributed by atoms with Gasteiger partial charge in [-0.15, -0.1) is 0 Å². The van der Waals surface area contributed by atoms with E-state index in [0.717, 1.165) is 16.9 Å². The third kappa shape index (κ3) is 1.67. The van der Waals surface area contributed by atoms with E-state index in [0.29, 0.717) is 5.02 Å². The zero-order valence-electron chi connectivity index (χ0n) is 8.94. The predicted molar refractivity (Wildman–Crippen MR) is 62.5 cm³/mol. The number of fused-ring (bicyclic) bond motifs is 1. The Balaban J connectivity index is 2.55. The molecule has 3 nitrogen and oxygen atoms in total. The third-order valence-corrected chi connectivity index (χ3v) is 2.77. The van der Waals surface area contributed by atoms with Crippen LogP contribution in [0.2, 0.25) is 5.02 Å². The first-order valence-electron chi connectivity index (χ1n) is 4.80. The molecule has 1 amide bonds. The van der Waals surface area contributed by atoms with E-state index in [4.69, 9.17) is 11.6 Å². The summed E-state index contributed by atoms with van der Waals surface area (Å²) in [5.41, 5.74) is 2.08. The van der Waals surface area contributed by atoms with E-state index in [1.54, 1.807) is 0 Å². The number of anilines is 2. The third-order valence-electron chi connectivity index (χ3n) is 2.55. The lowest BCUT2D eigenvalue weighted by atomic mass is 9.98. The highest BCUT2D eigenvalue weighted by atomic mass is 35.5. The van der Waals surface area contributed by atoms with Crippen LogP contribution in [0, 0.1) is 6.92 Å². The SMILES string of the molecule is Cc1cc(Cl)cc2c1NC(=O)C(C)(C)N2. The molecule has 0 unspecified atom stereocenters. The van der Waals surface area contributed by atoms with Crippen molar-refractivity contribution in [3.8, 4) is 0 Å². The predicted octanol–water partition coefficient (Wildman–Crippen LogP) is 2.79. The standard InChI is InChI=1S/C11H13ClN2O/c1-6-4-7(12)5-8-9(6)13-10(15)11(2,3)14-8/h4-5,14H,1-3H3,(H,13,15). The number of amides is 1. The molecule has 0 bridgehead atoms. The van der Waals surface area contributed by atoms with Gasteiger partial charge in [0.25, 0.3) is 0 Å². The first-order valence-corrected chi connectivity index (χ1v) is 5.18. The van der Waals surface area contributed by atoms with Crippen LogP contribution in [0.4, 0.5) is 11.4 Å². The molecule has 0 saturated carbocycles. The molecule has 0 saturated heterocycles. The van der Waals surface area contributed by atoms with Gasteiger partial charge in [0.05, 0.1) is 11.4 Å². The van der Waals surface area contributed by atoms with Crippen molar-refractivity contribution in [2.45, 2.75) is 26.3 Å². The molecular weight excluding hydrogens is 212 g/mol. The Hall–Kier alpha value is -1.22. The maximum absolute atomic E-state index is 11.7. The molecule has 0 atom stereocenters. The van der Waals surface area contributed by atoms with E-state index in [1.807, 2.05) is 32.9 Å². The Bertz CT molecular complexity index is 440. The van der Waals surface area contributed by atoms with Crippen LogP contribution < -0.4 is 10.6 Å². The maximum Gasteiger partial charge on any atom is 0.249 e. The molecule has 2 rings (SSSR count). The van der Waals surface area contributed by atoms with E-state index in [-0.39, 0.29) is 5.91 Å². The number of rotatable bonds is 0. The molecule has 2 N–H and O–H groups in total. The molecule has 1 aromatic rings. The molecule has 0 aromatic heterocycles. The van der Waals surface area contributed by atoms with Crippen LogP contribution in [-0.2, 0) is 4.79 Å². The molecule has 4 heteroatoms. The second-order valence-corrected chi connectivity index (χ2v) is 4.79. The highest BCUT2D eigenvalue weighted by Crippen LogP contribution is 2.35. The fourth-order valence-corrected chi connectivity index (χ4v) is 1.94. The minimum atomic E-state index is -0.593. The Morgan fingerprint density at radius 2 is 2.00 bits per heavy atom. The molecule has 15 heavy (non-hydrogen) atoms. The Labute approximate surface area is 93.8 Å². The van der Waals surface area contributed by atoms with Crippen LogP contribution in [0.15, 0.2) is 12.1 Å². The summed E-state index contributed by atoms with van der Waals surface area (Å²) in [6.45, 7) is 5.59. The van der Waals surface area contributed by atoms with Crippen LogP contribution in [0.5, 0.6) is 0 Å². The van der Waals surface area contributed by atoms with Crippen LogP contribution in [0.25, 0.3) is 0 Å². The molecule has 1 aromatic carbocycles. The van der Waals surface area contributed by atoms with Gasteiger partial charge in [0.15, 0.2) is 0 Å². The van der Waals surface area contributed by atoms with Crippen LogP contribution in [-0.4, -0.2) is 11.4 Å². The quantitative estimate of drug-likeness (QED) is 0.712. The van der Waals surface area contributed by atoms with Crippen molar-refractivity contribution in [1.82, 2.24) is 0 Å². The van der Waals surface area contributed by atoms with Gasteiger partial charge in [-0.1, -0.05) is 11.6 Å². The summed E-state index contributed by atoms with van der Waals surface area (Å²) in [6, 6.07) is 3.66. The second-order valence-electron chi connectivity index (χ2n) is 4.35. The van der Waals surface area contributed by atoms with Gasteiger partial charge in [-0.05, 0) is 38.5 Å². The van der Waals surface area contributed by atoms with Crippen LogP contribution in [0.3, 0.4) is 0 Å². The van der Waals surface area contributed by atoms with Gasteiger partial charge in [-0.3, -0.25) is 4.79 Å². The van der Waals surface area contributed by atoms with Gasteiger partial charge in [0.1, 0.15) is 5.54 Å². The van der Waals surface area contributed by atoms with E-state index in [2.05, 4.69) is 10.6 Å². The number of hydrogen-bond donors (Lipinski definition) is 2. The molecule has 0 spiro atoms. The van der Waals surface area contributed by atoms with Gasteiger partial charge in [0, 0.05) is 5.02 Å². The molecule has 80 valence electrons. The molecule has 1 heterocycles. The molecular formula is C11H13ClN2O. The van der Waals surface area contributed by atoms with Gasteiger partial charge in [-0.2, -0.15) is 0 Å². The number of nitrogens with one attached hydrogen (secondary N) is 2. The molecule has 0 aliphatic carbocycles. The minimum absolute atomic E-state index is 0.0274. The summed E-state index contributed by atoms with van der Waals surface area (Å²) in [5, 5.41) is 6.73. The number of aryl methyl sites for hydroxylation is 1. The molecule has 1 aliphatic heterocycles. The number of halogens is 1. The summed E-state index contributed by atoms with van der Waals surface area (Å²) in [7, 11) is 0. The first-order chi connectivity index (χ1) is 6.90. The maximum atomic E-state index is 11.7. The number of carbonyl (C=O) groups is 1. The number of hydrogen-bond acceptors (Lipinski definition) is 2. The number of carbonyl (C=O) groups excluding carboxylic acids is 1. The van der Waals surface area contributed by atoms with Gasteiger partial charge < -0.3 is 10.6 Å². The lowest BCUT2D eigenvalue weighted by molar-refractivity contribution is -0.119. The summed E-state index contributed by atoms with van der Waals surface area (Å²) < 4.78 is 0. The van der Waals surface area contributed by atoms with Gasteiger partial charge in [-0.25, -0.2) is 0 Å². The lowest BCUT2D eigenvalue weighted by Gasteiger charge is -2.33. The summed E-state index contributed by atoms with van der Waals surface area (Å²) in [4.78, 5) is 11.7. The second kappa shape index (κ2) is 3.14. The smallest absolute Gasteiger partial charge is 0.249 e. The lowest BCUT2D eigenvalue weighted by Crippen LogP contribution is -2.47. The fraction of sp³-hybridized carbons (Fsp3) is 0.364. The Morgan fingerprint density at radius 3 is 2.67 bits per heavy atom. The van der Waals surface area contributed by atoms with Gasteiger partial charge >= 0.3 is 0 Å². The monoisotopic (exact) mass is 224 g/mol. The van der Waals surface area contributed by atoms with Crippen molar-refractivity contribution in [3.05, 3.63) is 22.7 Å². The van der Waals surface area contributed by atoms with Crippen molar-refractivity contribution < 1.29 is 4.79 Å². The van der Waals surface area contributed by atoms with Crippen molar-refractivity contribution in [3.63, 3.8) is 0 Å².